The highest BCUT2D eigenvalue weighted by atomic mass is 16.3. The number of nitrogens with two attached hydrogens (primary N) is 1. The number of hydrogen-bond donors (Lipinski definition) is 2. The molecule has 1 unspecified atom stereocenters. The first-order valence-corrected chi connectivity index (χ1v) is 5.33. The van der Waals surface area contributed by atoms with Gasteiger partial charge in [-0.15, -0.1) is 0 Å². The van der Waals surface area contributed by atoms with E-state index in [0.29, 0.717) is 5.92 Å². The molecule has 1 atom stereocenters. The Morgan fingerprint density at radius 1 is 1.54 bits per heavy atom. The van der Waals surface area contributed by atoms with E-state index in [0.717, 1.165) is 25.7 Å². The fourth-order valence-electron chi connectivity index (χ4n) is 1.78. The van der Waals surface area contributed by atoms with Gasteiger partial charge in [-0.05, 0) is 25.3 Å². The standard InChI is InChI=1S/C10H22N2O/c1-9(7-11)8-12(5-6-13)10-3-2-4-10/h9-10,13H,2-8,11H2,1H3. The van der Waals surface area contributed by atoms with Crippen molar-refractivity contribution in [3.05, 3.63) is 0 Å². The first-order valence-electron chi connectivity index (χ1n) is 5.33. The van der Waals surface area contributed by atoms with E-state index >= 15 is 0 Å². The van der Waals surface area contributed by atoms with Gasteiger partial charge in [-0.2, -0.15) is 0 Å². The molecule has 13 heavy (non-hydrogen) atoms. The van der Waals surface area contributed by atoms with Crippen molar-refractivity contribution in [3.8, 4) is 0 Å². The summed E-state index contributed by atoms with van der Waals surface area (Å²) in [6.45, 7) is 5.04. The Morgan fingerprint density at radius 2 is 2.23 bits per heavy atom. The molecule has 1 saturated carbocycles. The lowest BCUT2D eigenvalue weighted by Gasteiger charge is -2.38. The van der Waals surface area contributed by atoms with Crippen LogP contribution in [0.2, 0.25) is 0 Å². The zero-order valence-corrected chi connectivity index (χ0v) is 8.58. The third-order valence-corrected chi connectivity index (χ3v) is 2.93. The number of nitrogens with zero attached hydrogens (tertiary/aromatic N) is 1. The topological polar surface area (TPSA) is 49.5 Å². The van der Waals surface area contributed by atoms with E-state index in [-0.39, 0.29) is 6.61 Å². The maximum absolute atomic E-state index is 8.92. The minimum atomic E-state index is 0.272. The van der Waals surface area contributed by atoms with Crippen LogP contribution in [0.5, 0.6) is 0 Å². The lowest BCUT2D eigenvalue weighted by atomic mass is 9.91. The van der Waals surface area contributed by atoms with Crippen LogP contribution in [0.15, 0.2) is 0 Å². The Labute approximate surface area is 80.9 Å². The van der Waals surface area contributed by atoms with E-state index in [9.17, 15) is 0 Å². The Morgan fingerprint density at radius 3 is 2.62 bits per heavy atom. The molecule has 0 radical (unpaired) electrons. The van der Waals surface area contributed by atoms with Gasteiger partial charge in [-0.3, -0.25) is 4.90 Å². The first-order chi connectivity index (χ1) is 6.27. The van der Waals surface area contributed by atoms with Gasteiger partial charge in [-0.25, -0.2) is 0 Å². The van der Waals surface area contributed by atoms with E-state index in [1.165, 1.54) is 19.3 Å². The molecule has 0 aliphatic heterocycles. The Balaban J connectivity index is 2.28. The van der Waals surface area contributed by atoms with Gasteiger partial charge in [0, 0.05) is 19.1 Å². The van der Waals surface area contributed by atoms with Crippen molar-refractivity contribution in [1.29, 1.82) is 0 Å². The molecule has 0 spiro atoms. The quantitative estimate of drug-likeness (QED) is 0.632. The van der Waals surface area contributed by atoms with Crippen LogP contribution in [-0.2, 0) is 0 Å². The maximum atomic E-state index is 8.92. The van der Waals surface area contributed by atoms with Crippen LogP contribution in [0, 0.1) is 5.92 Å². The number of rotatable bonds is 6. The van der Waals surface area contributed by atoms with Gasteiger partial charge in [0.15, 0.2) is 0 Å². The third kappa shape index (κ3) is 3.25. The summed E-state index contributed by atoms with van der Waals surface area (Å²) in [5, 5.41) is 8.92. The summed E-state index contributed by atoms with van der Waals surface area (Å²) in [6, 6.07) is 0.723. The van der Waals surface area contributed by atoms with Gasteiger partial charge in [0.1, 0.15) is 0 Å². The molecule has 3 nitrogen and oxygen atoms in total. The van der Waals surface area contributed by atoms with Gasteiger partial charge in [0.2, 0.25) is 0 Å². The second kappa shape index (κ2) is 5.58. The molecule has 3 N–H and O–H groups in total. The van der Waals surface area contributed by atoms with Crippen LogP contribution in [0.4, 0.5) is 0 Å². The van der Waals surface area contributed by atoms with Crippen molar-refractivity contribution in [1.82, 2.24) is 4.90 Å². The molecule has 1 rings (SSSR count). The monoisotopic (exact) mass is 186 g/mol. The SMILES string of the molecule is CC(CN)CN(CCO)C1CCC1. The highest BCUT2D eigenvalue weighted by molar-refractivity contribution is 4.80. The largest absolute Gasteiger partial charge is 0.395 e. The van der Waals surface area contributed by atoms with Gasteiger partial charge in [-0.1, -0.05) is 13.3 Å². The molecule has 0 aromatic carbocycles. The summed E-state index contributed by atoms with van der Waals surface area (Å²) >= 11 is 0. The molecular formula is C10H22N2O. The molecule has 78 valence electrons. The molecular weight excluding hydrogens is 164 g/mol. The average Bonchev–Trinajstić information content (AvgIpc) is 2.01. The highest BCUT2D eigenvalue weighted by Crippen LogP contribution is 2.24. The van der Waals surface area contributed by atoms with Gasteiger partial charge < -0.3 is 10.8 Å². The Kier molecular flexibility index (Phi) is 4.70. The van der Waals surface area contributed by atoms with E-state index in [2.05, 4.69) is 11.8 Å². The second-order valence-electron chi connectivity index (χ2n) is 4.14. The van der Waals surface area contributed by atoms with Crippen molar-refractivity contribution in [2.24, 2.45) is 11.7 Å². The predicted octanol–water partition coefficient (Wildman–Crippen LogP) is 0.428. The second-order valence-corrected chi connectivity index (χ2v) is 4.14. The molecule has 1 aliphatic carbocycles. The van der Waals surface area contributed by atoms with Crippen molar-refractivity contribution < 1.29 is 5.11 Å². The normalized spacial score (nSPS) is 20.3. The Bertz CT molecular complexity index is 137. The van der Waals surface area contributed by atoms with Crippen LogP contribution >= 0.6 is 0 Å². The molecule has 0 aromatic rings. The average molecular weight is 186 g/mol. The molecule has 0 bridgehead atoms. The number of hydrogen-bond acceptors (Lipinski definition) is 3. The van der Waals surface area contributed by atoms with Gasteiger partial charge >= 0.3 is 0 Å². The lowest BCUT2D eigenvalue weighted by Crippen LogP contribution is -2.44. The van der Waals surface area contributed by atoms with E-state index in [4.69, 9.17) is 10.8 Å². The van der Waals surface area contributed by atoms with Crippen LogP contribution in [0.3, 0.4) is 0 Å². The molecule has 3 heteroatoms. The number of aliphatic hydroxyl groups excluding tert-OH is 1. The molecule has 1 aliphatic rings. The summed E-state index contributed by atoms with van der Waals surface area (Å²) in [5.41, 5.74) is 5.59. The van der Waals surface area contributed by atoms with Crippen LogP contribution in [0.1, 0.15) is 26.2 Å². The van der Waals surface area contributed by atoms with Gasteiger partial charge in [0.05, 0.1) is 6.61 Å². The summed E-state index contributed by atoms with van der Waals surface area (Å²) in [4.78, 5) is 2.39. The van der Waals surface area contributed by atoms with E-state index in [1.54, 1.807) is 0 Å². The predicted molar refractivity (Wildman–Crippen MR) is 54.5 cm³/mol. The summed E-state index contributed by atoms with van der Waals surface area (Å²) < 4.78 is 0. The first kappa shape index (κ1) is 11.0. The zero-order valence-electron chi connectivity index (χ0n) is 8.58. The molecule has 0 amide bonds. The van der Waals surface area contributed by atoms with E-state index in [1.807, 2.05) is 0 Å². The van der Waals surface area contributed by atoms with Crippen molar-refractivity contribution in [3.63, 3.8) is 0 Å². The summed E-state index contributed by atoms with van der Waals surface area (Å²) in [6.07, 6.45) is 3.96. The third-order valence-electron chi connectivity index (χ3n) is 2.93. The minimum absolute atomic E-state index is 0.272. The molecule has 0 heterocycles. The van der Waals surface area contributed by atoms with Crippen molar-refractivity contribution in [2.75, 3.05) is 26.2 Å². The van der Waals surface area contributed by atoms with Crippen molar-refractivity contribution in [2.45, 2.75) is 32.2 Å². The van der Waals surface area contributed by atoms with Crippen LogP contribution < -0.4 is 5.73 Å². The molecule has 0 aromatic heterocycles. The van der Waals surface area contributed by atoms with Crippen LogP contribution in [0.25, 0.3) is 0 Å². The molecule has 0 saturated heterocycles. The number of aliphatic hydroxyl groups is 1. The lowest BCUT2D eigenvalue weighted by molar-refractivity contribution is 0.0886. The van der Waals surface area contributed by atoms with Gasteiger partial charge in [0.25, 0.3) is 0 Å². The molecule has 1 fully saturated rings. The zero-order chi connectivity index (χ0) is 9.68. The van der Waals surface area contributed by atoms with E-state index < -0.39 is 0 Å². The van der Waals surface area contributed by atoms with Crippen molar-refractivity contribution >= 4 is 0 Å². The highest BCUT2D eigenvalue weighted by Gasteiger charge is 2.24. The maximum Gasteiger partial charge on any atom is 0.0558 e. The fraction of sp³-hybridized carbons (Fsp3) is 1.00. The summed E-state index contributed by atoms with van der Waals surface area (Å²) in [5.74, 6) is 0.548. The Hall–Kier alpha value is -0.120. The smallest absolute Gasteiger partial charge is 0.0558 e. The fourth-order valence-corrected chi connectivity index (χ4v) is 1.78. The van der Waals surface area contributed by atoms with Crippen LogP contribution in [-0.4, -0.2) is 42.3 Å². The minimum Gasteiger partial charge on any atom is -0.395 e. The summed E-state index contributed by atoms with van der Waals surface area (Å²) in [7, 11) is 0.